The third-order valence-corrected chi connectivity index (χ3v) is 3.72. The Balaban J connectivity index is 2.32. The van der Waals surface area contributed by atoms with Crippen LogP contribution in [0.4, 0.5) is 0 Å². The van der Waals surface area contributed by atoms with E-state index in [1.165, 1.54) is 12.8 Å². The van der Waals surface area contributed by atoms with Crippen molar-refractivity contribution in [1.82, 2.24) is 10.2 Å². The van der Waals surface area contributed by atoms with E-state index in [2.05, 4.69) is 31.0 Å². The lowest BCUT2D eigenvalue weighted by Crippen LogP contribution is -2.43. The minimum Gasteiger partial charge on any atom is -0.465 e. The zero-order valence-corrected chi connectivity index (χ0v) is 12.8. The van der Waals surface area contributed by atoms with Gasteiger partial charge in [0.1, 0.15) is 0 Å². The number of carbonyl (C=O) groups is 1. The number of hydrogen-bond acceptors (Lipinski definition) is 4. The highest BCUT2D eigenvalue weighted by atomic mass is 16.5. The summed E-state index contributed by atoms with van der Waals surface area (Å²) in [5.41, 5.74) is 0. The van der Waals surface area contributed by atoms with Crippen LogP contribution in [0, 0.1) is 5.92 Å². The number of hydrogen-bond donors (Lipinski definition) is 1. The summed E-state index contributed by atoms with van der Waals surface area (Å²) in [7, 11) is 0. The first-order chi connectivity index (χ1) is 9.13. The molecule has 4 nitrogen and oxygen atoms in total. The number of ether oxygens (including phenoxy) is 1. The summed E-state index contributed by atoms with van der Waals surface area (Å²) in [5, 5.41) is 3.43. The van der Waals surface area contributed by atoms with Gasteiger partial charge in [-0.2, -0.15) is 0 Å². The summed E-state index contributed by atoms with van der Waals surface area (Å²) in [4.78, 5) is 14.0. The Morgan fingerprint density at radius 3 is 2.84 bits per heavy atom. The second-order valence-electron chi connectivity index (χ2n) is 5.81. The lowest BCUT2D eigenvalue weighted by Gasteiger charge is -2.32. The van der Waals surface area contributed by atoms with Crippen molar-refractivity contribution >= 4 is 5.97 Å². The highest BCUT2D eigenvalue weighted by molar-refractivity contribution is 5.71. The Morgan fingerprint density at radius 1 is 1.47 bits per heavy atom. The fraction of sp³-hybridized carbons (Fsp3) is 0.933. The molecule has 1 heterocycles. The van der Waals surface area contributed by atoms with Gasteiger partial charge in [-0.15, -0.1) is 0 Å². The minimum atomic E-state index is -0.0779. The molecule has 1 unspecified atom stereocenters. The molecule has 1 atom stereocenters. The van der Waals surface area contributed by atoms with Gasteiger partial charge < -0.3 is 10.1 Å². The van der Waals surface area contributed by atoms with E-state index in [0.717, 1.165) is 32.5 Å². The van der Waals surface area contributed by atoms with Crippen molar-refractivity contribution in [3.8, 4) is 0 Å². The van der Waals surface area contributed by atoms with Gasteiger partial charge in [-0.05, 0) is 52.1 Å². The molecule has 1 N–H and O–H groups in total. The molecule has 1 saturated heterocycles. The molecule has 4 heteroatoms. The molecular weight excluding hydrogens is 240 g/mol. The summed E-state index contributed by atoms with van der Waals surface area (Å²) in [6, 6.07) is 0.389. The number of piperidine rings is 1. The zero-order valence-electron chi connectivity index (χ0n) is 12.8. The summed E-state index contributed by atoms with van der Waals surface area (Å²) < 4.78 is 5.26. The summed E-state index contributed by atoms with van der Waals surface area (Å²) in [5.74, 6) is 0.588. The molecule has 0 spiro atoms. The number of esters is 1. The van der Waals surface area contributed by atoms with Crippen LogP contribution >= 0.6 is 0 Å². The van der Waals surface area contributed by atoms with Crippen LogP contribution in [0.15, 0.2) is 0 Å². The first-order valence-corrected chi connectivity index (χ1v) is 7.73. The van der Waals surface area contributed by atoms with Gasteiger partial charge in [0.05, 0.1) is 13.2 Å². The average molecular weight is 270 g/mol. The van der Waals surface area contributed by atoms with Crippen LogP contribution in [0.3, 0.4) is 0 Å². The molecule has 112 valence electrons. The van der Waals surface area contributed by atoms with Gasteiger partial charge in [-0.3, -0.25) is 9.69 Å². The maximum atomic E-state index is 11.8. The largest absolute Gasteiger partial charge is 0.465 e. The number of carbonyl (C=O) groups excluding carboxylic acids is 1. The zero-order chi connectivity index (χ0) is 14.1. The van der Waals surface area contributed by atoms with Gasteiger partial charge in [0.2, 0.25) is 0 Å². The molecule has 1 rings (SSSR count). The topological polar surface area (TPSA) is 41.6 Å². The van der Waals surface area contributed by atoms with E-state index in [1.807, 2.05) is 0 Å². The van der Waals surface area contributed by atoms with Crippen LogP contribution in [0.2, 0.25) is 0 Å². The summed E-state index contributed by atoms with van der Waals surface area (Å²) in [6.45, 7) is 10.6. The van der Waals surface area contributed by atoms with Crippen molar-refractivity contribution in [2.75, 3.05) is 32.8 Å². The van der Waals surface area contributed by atoms with Crippen LogP contribution in [0.5, 0.6) is 0 Å². The summed E-state index contributed by atoms with van der Waals surface area (Å²) >= 11 is 0. The van der Waals surface area contributed by atoms with Gasteiger partial charge in [-0.25, -0.2) is 0 Å². The van der Waals surface area contributed by atoms with Gasteiger partial charge in [0.25, 0.3) is 0 Å². The second-order valence-corrected chi connectivity index (χ2v) is 5.81. The quantitative estimate of drug-likeness (QED) is 0.541. The van der Waals surface area contributed by atoms with E-state index in [4.69, 9.17) is 4.74 Å². The Morgan fingerprint density at radius 2 is 2.26 bits per heavy atom. The monoisotopic (exact) mass is 270 g/mol. The average Bonchev–Trinajstić information content (AvgIpc) is 2.39. The SMILES string of the molecule is CCCCOC(=O)CN(CC1CCCNC1)C(C)C. The Labute approximate surface area is 117 Å². The van der Waals surface area contributed by atoms with Crippen LogP contribution in [-0.4, -0.2) is 49.7 Å². The third-order valence-electron chi connectivity index (χ3n) is 3.72. The van der Waals surface area contributed by atoms with Crippen LogP contribution < -0.4 is 5.32 Å². The van der Waals surface area contributed by atoms with Crippen molar-refractivity contribution in [1.29, 1.82) is 0 Å². The van der Waals surface area contributed by atoms with Crippen molar-refractivity contribution < 1.29 is 9.53 Å². The highest BCUT2D eigenvalue weighted by Crippen LogP contribution is 2.13. The maximum Gasteiger partial charge on any atom is 0.320 e. The molecule has 0 aromatic carbocycles. The fourth-order valence-electron chi connectivity index (χ4n) is 2.41. The fourth-order valence-corrected chi connectivity index (χ4v) is 2.41. The van der Waals surface area contributed by atoms with E-state index in [1.54, 1.807) is 0 Å². The van der Waals surface area contributed by atoms with E-state index in [9.17, 15) is 4.79 Å². The number of nitrogens with one attached hydrogen (secondary N) is 1. The Bertz CT molecular complexity index is 251. The predicted molar refractivity (Wildman–Crippen MR) is 78.2 cm³/mol. The van der Waals surface area contributed by atoms with E-state index in [-0.39, 0.29) is 5.97 Å². The third kappa shape index (κ3) is 6.92. The standard InChI is InChI=1S/C15H30N2O2/c1-4-5-9-19-15(18)12-17(13(2)3)11-14-7-6-8-16-10-14/h13-14,16H,4-12H2,1-3H3. The molecule has 1 fully saturated rings. The molecule has 0 amide bonds. The summed E-state index contributed by atoms with van der Waals surface area (Å²) in [6.07, 6.45) is 4.54. The van der Waals surface area contributed by atoms with Gasteiger partial charge in [-0.1, -0.05) is 13.3 Å². The van der Waals surface area contributed by atoms with Crippen molar-refractivity contribution in [3.05, 3.63) is 0 Å². The van der Waals surface area contributed by atoms with Crippen LogP contribution in [0.25, 0.3) is 0 Å². The van der Waals surface area contributed by atoms with Crippen LogP contribution in [0.1, 0.15) is 46.5 Å². The van der Waals surface area contributed by atoms with Gasteiger partial charge >= 0.3 is 5.97 Å². The molecule has 0 saturated carbocycles. The van der Waals surface area contributed by atoms with Gasteiger partial charge in [0.15, 0.2) is 0 Å². The van der Waals surface area contributed by atoms with E-state index < -0.39 is 0 Å². The highest BCUT2D eigenvalue weighted by Gasteiger charge is 2.21. The van der Waals surface area contributed by atoms with Crippen molar-refractivity contribution in [2.45, 2.75) is 52.5 Å². The predicted octanol–water partition coefficient (Wildman–Crippen LogP) is 2.04. The molecule has 1 aliphatic rings. The lowest BCUT2D eigenvalue weighted by molar-refractivity contribution is -0.145. The molecule has 0 aliphatic carbocycles. The lowest BCUT2D eigenvalue weighted by atomic mass is 9.98. The second kappa shape index (κ2) is 9.32. The first-order valence-electron chi connectivity index (χ1n) is 7.73. The van der Waals surface area contributed by atoms with E-state index in [0.29, 0.717) is 25.1 Å². The molecule has 0 bridgehead atoms. The number of rotatable bonds is 8. The number of nitrogens with zero attached hydrogens (tertiary/aromatic N) is 1. The van der Waals surface area contributed by atoms with Crippen molar-refractivity contribution in [2.24, 2.45) is 5.92 Å². The molecule has 0 radical (unpaired) electrons. The maximum absolute atomic E-state index is 11.8. The number of unbranched alkanes of at least 4 members (excludes halogenated alkanes) is 1. The Kier molecular flexibility index (Phi) is 8.07. The molecule has 1 aliphatic heterocycles. The smallest absolute Gasteiger partial charge is 0.320 e. The van der Waals surface area contributed by atoms with E-state index >= 15 is 0 Å². The first kappa shape index (κ1) is 16.4. The minimum absolute atomic E-state index is 0.0779. The Hall–Kier alpha value is -0.610. The van der Waals surface area contributed by atoms with Crippen molar-refractivity contribution in [3.63, 3.8) is 0 Å². The molecule has 19 heavy (non-hydrogen) atoms. The van der Waals surface area contributed by atoms with Gasteiger partial charge in [0, 0.05) is 12.6 Å². The molecule has 0 aromatic rings. The molecule has 0 aromatic heterocycles. The molecular formula is C15H30N2O2. The normalized spacial score (nSPS) is 19.9. The van der Waals surface area contributed by atoms with Crippen LogP contribution in [-0.2, 0) is 9.53 Å².